The molecule has 11 heteroatoms. The zero-order valence-electron chi connectivity index (χ0n) is 16.5. The van der Waals surface area contributed by atoms with Crippen LogP contribution >= 0.6 is 23.2 Å². The second kappa shape index (κ2) is 9.80. The van der Waals surface area contributed by atoms with E-state index in [9.17, 15) is 9.18 Å². The van der Waals surface area contributed by atoms with E-state index in [1.165, 1.54) is 22.7 Å². The second-order valence-corrected chi connectivity index (χ2v) is 7.38. The minimum absolute atomic E-state index is 0.170. The third-order valence-corrected chi connectivity index (χ3v) is 4.78. The smallest absolute Gasteiger partial charge is 0.258 e. The highest BCUT2D eigenvalue weighted by atomic mass is 35.5. The normalized spacial score (nSPS) is 10.8. The van der Waals surface area contributed by atoms with Gasteiger partial charge in [0.2, 0.25) is 5.88 Å². The van der Waals surface area contributed by atoms with Gasteiger partial charge < -0.3 is 14.8 Å². The minimum atomic E-state index is -0.385. The third-order valence-electron chi connectivity index (χ3n) is 4.25. The maximum Gasteiger partial charge on any atom is 0.258 e. The number of nitrogens with one attached hydrogen (secondary N) is 1. The van der Waals surface area contributed by atoms with Gasteiger partial charge in [-0.1, -0.05) is 35.3 Å². The lowest BCUT2D eigenvalue weighted by molar-refractivity contribution is -0.123. The fraction of sp³-hybridized carbons (Fsp3) is 0.143. The number of rotatable bonds is 8. The van der Waals surface area contributed by atoms with Crippen molar-refractivity contribution in [2.45, 2.75) is 0 Å². The summed E-state index contributed by atoms with van der Waals surface area (Å²) < 4.78 is 26.0. The van der Waals surface area contributed by atoms with Crippen LogP contribution in [0.15, 0.2) is 54.6 Å². The number of carbonyl (C=O) groups is 1. The van der Waals surface area contributed by atoms with Gasteiger partial charge in [-0.15, -0.1) is 15.3 Å². The SMILES string of the molecule is O=C(COc1ccc(Cl)cc1Cl)NCCOc1ccc2nnc(-c3cccc(F)c3)n2n1. The summed E-state index contributed by atoms with van der Waals surface area (Å²) in [5.74, 6) is 0.326. The molecule has 0 spiro atoms. The molecule has 4 rings (SSSR count). The highest BCUT2D eigenvalue weighted by Gasteiger charge is 2.11. The maximum atomic E-state index is 13.5. The molecule has 0 unspecified atom stereocenters. The highest BCUT2D eigenvalue weighted by Crippen LogP contribution is 2.27. The summed E-state index contributed by atoms with van der Waals surface area (Å²) in [6, 6.07) is 14.0. The molecule has 8 nitrogen and oxygen atoms in total. The maximum absolute atomic E-state index is 13.5. The van der Waals surface area contributed by atoms with Crippen molar-refractivity contribution in [3.63, 3.8) is 0 Å². The van der Waals surface area contributed by atoms with Crippen molar-refractivity contribution >= 4 is 34.8 Å². The number of hydrogen-bond acceptors (Lipinski definition) is 6. The van der Waals surface area contributed by atoms with Crippen LogP contribution in [0.5, 0.6) is 11.6 Å². The molecule has 32 heavy (non-hydrogen) atoms. The van der Waals surface area contributed by atoms with Crippen LogP contribution in [0.3, 0.4) is 0 Å². The third kappa shape index (κ3) is 5.24. The highest BCUT2D eigenvalue weighted by molar-refractivity contribution is 6.35. The van der Waals surface area contributed by atoms with Gasteiger partial charge in [0.05, 0.1) is 11.6 Å². The van der Waals surface area contributed by atoms with E-state index in [2.05, 4.69) is 20.6 Å². The number of carbonyl (C=O) groups excluding carboxylic acids is 1. The zero-order valence-corrected chi connectivity index (χ0v) is 18.0. The summed E-state index contributed by atoms with van der Waals surface area (Å²) in [7, 11) is 0. The van der Waals surface area contributed by atoms with Crippen molar-refractivity contribution in [1.29, 1.82) is 0 Å². The molecule has 0 fully saturated rings. The van der Waals surface area contributed by atoms with Crippen LogP contribution in [0.4, 0.5) is 4.39 Å². The standard InChI is InChI=1S/C21H16Cl2FN5O3/c22-14-4-5-17(16(23)11-14)32-12-19(30)25-8-9-31-20-7-6-18-26-27-21(29(18)28-20)13-2-1-3-15(24)10-13/h1-7,10-11H,8-9,12H2,(H,25,30). The second-order valence-electron chi connectivity index (χ2n) is 6.54. The Hall–Kier alpha value is -3.43. The molecule has 1 N–H and O–H groups in total. The van der Waals surface area contributed by atoms with E-state index in [1.807, 2.05) is 0 Å². The van der Waals surface area contributed by atoms with E-state index in [1.54, 1.807) is 36.4 Å². The molecule has 0 saturated carbocycles. The Morgan fingerprint density at radius 2 is 1.94 bits per heavy atom. The van der Waals surface area contributed by atoms with Gasteiger partial charge >= 0.3 is 0 Å². The van der Waals surface area contributed by atoms with Crippen molar-refractivity contribution < 1.29 is 18.7 Å². The number of hydrogen-bond donors (Lipinski definition) is 1. The molecule has 2 aromatic heterocycles. The van der Waals surface area contributed by atoms with Crippen molar-refractivity contribution in [3.8, 4) is 23.0 Å². The van der Waals surface area contributed by atoms with E-state index in [0.717, 1.165) is 0 Å². The number of aromatic nitrogens is 4. The Kier molecular flexibility index (Phi) is 6.67. The monoisotopic (exact) mass is 475 g/mol. The van der Waals surface area contributed by atoms with Crippen LogP contribution in [-0.4, -0.2) is 45.5 Å². The van der Waals surface area contributed by atoms with E-state index in [-0.39, 0.29) is 31.5 Å². The number of halogens is 3. The zero-order chi connectivity index (χ0) is 22.5. The summed E-state index contributed by atoms with van der Waals surface area (Å²) in [5.41, 5.74) is 1.03. The fourth-order valence-corrected chi connectivity index (χ4v) is 3.25. The molecule has 1 amide bonds. The van der Waals surface area contributed by atoms with Crippen molar-refractivity contribution in [2.75, 3.05) is 19.8 Å². The largest absolute Gasteiger partial charge is 0.482 e. The lowest BCUT2D eigenvalue weighted by atomic mass is 10.2. The molecule has 0 saturated heterocycles. The molecule has 0 aliphatic carbocycles. The number of benzene rings is 2. The average molecular weight is 476 g/mol. The van der Waals surface area contributed by atoms with Crippen LogP contribution < -0.4 is 14.8 Å². The minimum Gasteiger partial charge on any atom is -0.482 e. The summed E-state index contributed by atoms with van der Waals surface area (Å²) in [4.78, 5) is 11.9. The van der Waals surface area contributed by atoms with Crippen LogP contribution in [0.2, 0.25) is 10.0 Å². The van der Waals surface area contributed by atoms with E-state index in [4.69, 9.17) is 32.7 Å². The lowest BCUT2D eigenvalue weighted by Crippen LogP contribution is -2.32. The molecule has 2 aromatic carbocycles. The lowest BCUT2D eigenvalue weighted by Gasteiger charge is -2.10. The van der Waals surface area contributed by atoms with Crippen LogP contribution in [0.25, 0.3) is 17.0 Å². The van der Waals surface area contributed by atoms with Gasteiger partial charge in [0.1, 0.15) is 18.2 Å². The number of nitrogens with zero attached hydrogens (tertiary/aromatic N) is 4. The van der Waals surface area contributed by atoms with Gasteiger partial charge in [-0.05, 0) is 36.4 Å². The Labute approximate surface area is 191 Å². The predicted octanol–water partition coefficient (Wildman–Crippen LogP) is 3.81. The molecule has 4 aromatic rings. The molecule has 164 valence electrons. The molecule has 0 radical (unpaired) electrons. The van der Waals surface area contributed by atoms with Gasteiger partial charge in [0, 0.05) is 16.7 Å². The first-order chi connectivity index (χ1) is 15.5. The van der Waals surface area contributed by atoms with Gasteiger partial charge in [0.25, 0.3) is 5.91 Å². The molecule has 0 bridgehead atoms. The molecule has 0 aliphatic rings. The Balaban J connectivity index is 1.30. The molecule has 0 aliphatic heterocycles. The Morgan fingerprint density at radius 3 is 2.75 bits per heavy atom. The van der Waals surface area contributed by atoms with E-state index in [0.29, 0.717) is 38.7 Å². The number of fused-ring (bicyclic) bond motifs is 1. The van der Waals surface area contributed by atoms with Crippen molar-refractivity contribution in [2.24, 2.45) is 0 Å². The molecule has 2 heterocycles. The quantitative estimate of drug-likeness (QED) is 0.389. The number of amides is 1. The fourth-order valence-electron chi connectivity index (χ4n) is 2.79. The molecular formula is C21H16Cl2FN5O3. The molecular weight excluding hydrogens is 460 g/mol. The summed E-state index contributed by atoms with van der Waals surface area (Å²) in [6.45, 7) is 0.196. The van der Waals surface area contributed by atoms with Gasteiger partial charge in [-0.25, -0.2) is 4.39 Å². The predicted molar refractivity (Wildman–Crippen MR) is 117 cm³/mol. The van der Waals surface area contributed by atoms with E-state index >= 15 is 0 Å². The average Bonchev–Trinajstić information content (AvgIpc) is 3.19. The summed E-state index contributed by atoms with van der Waals surface area (Å²) >= 11 is 11.8. The van der Waals surface area contributed by atoms with Gasteiger partial charge in [0.15, 0.2) is 18.1 Å². The van der Waals surface area contributed by atoms with Crippen LogP contribution in [-0.2, 0) is 4.79 Å². The van der Waals surface area contributed by atoms with Crippen molar-refractivity contribution in [3.05, 3.63) is 70.5 Å². The number of ether oxygens (including phenoxy) is 2. The van der Waals surface area contributed by atoms with Crippen LogP contribution in [0.1, 0.15) is 0 Å². The van der Waals surface area contributed by atoms with Crippen molar-refractivity contribution in [1.82, 2.24) is 25.1 Å². The Bertz CT molecular complexity index is 1270. The summed E-state index contributed by atoms with van der Waals surface area (Å²) in [5, 5.41) is 15.9. The first-order valence-electron chi connectivity index (χ1n) is 9.45. The molecule has 0 atom stereocenters. The van der Waals surface area contributed by atoms with Gasteiger partial charge in [-0.3, -0.25) is 4.79 Å². The summed E-state index contributed by atoms with van der Waals surface area (Å²) in [6.07, 6.45) is 0. The first-order valence-corrected chi connectivity index (χ1v) is 10.2. The van der Waals surface area contributed by atoms with Crippen LogP contribution in [0, 0.1) is 5.82 Å². The Morgan fingerprint density at radius 1 is 1.06 bits per heavy atom. The van der Waals surface area contributed by atoms with E-state index < -0.39 is 0 Å². The first kappa shape index (κ1) is 21.8. The van der Waals surface area contributed by atoms with Gasteiger partial charge in [-0.2, -0.15) is 4.52 Å². The topological polar surface area (TPSA) is 90.6 Å².